The van der Waals surface area contributed by atoms with E-state index < -0.39 is 39.3 Å². The molecule has 0 saturated carbocycles. The lowest BCUT2D eigenvalue weighted by atomic mass is 9.85. The number of urea groups is 1. The van der Waals surface area contributed by atoms with Crippen molar-refractivity contribution >= 4 is 21.8 Å². The molecule has 2 aliphatic rings. The van der Waals surface area contributed by atoms with Crippen LogP contribution in [-0.4, -0.2) is 62.3 Å². The number of sulfone groups is 1. The van der Waals surface area contributed by atoms with E-state index in [4.69, 9.17) is 4.74 Å². The first-order valence-electron chi connectivity index (χ1n) is 6.31. The highest BCUT2D eigenvalue weighted by atomic mass is 32.2. The summed E-state index contributed by atoms with van der Waals surface area (Å²) < 4.78 is 27.7. The first kappa shape index (κ1) is 15.0. The van der Waals surface area contributed by atoms with E-state index in [1.54, 1.807) is 0 Å². The van der Waals surface area contributed by atoms with E-state index >= 15 is 0 Å². The van der Waals surface area contributed by atoms with Gasteiger partial charge in [0.15, 0.2) is 9.84 Å². The summed E-state index contributed by atoms with van der Waals surface area (Å²) in [5.74, 6) is -1.04. The Hall–Kier alpha value is -1.35. The number of carbonyl (C=O) groups excluding carboxylic acids is 1. The van der Waals surface area contributed by atoms with Gasteiger partial charge in [-0.15, -0.1) is 0 Å². The average molecular weight is 306 g/mol. The van der Waals surface area contributed by atoms with Gasteiger partial charge >= 0.3 is 12.0 Å². The zero-order valence-corrected chi connectivity index (χ0v) is 11.9. The van der Waals surface area contributed by atoms with Gasteiger partial charge in [-0.1, -0.05) is 0 Å². The minimum atomic E-state index is -3.07. The number of ether oxygens (including phenoxy) is 1. The van der Waals surface area contributed by atoms with Crippen LogP contribution >= 0.6 is 0 Å². The molecule has 3 unspecified atom stereocenters. The molecule has 3 N–H and O–H groups in total. The van der Waals surface area contributed by atoms with Crippen molar-refractivity contribution in [3.8, 4) is 0 Å². The monoisotopic (exact) mass is 306 g/mol. The fourth-order valence-corrected chi connectivity index (χ4v) is 4.05. The number of aliphatic carboxylic acids is 1. The summed E-state index contributed by atoms with van der Waals surface area (Å²) in [6, 6.07) is -1.62. The molecule has 9 heteroatoms. The van der Waals surface area contributed by atoms with Gasteiger partial charge in [-0.25, -0.2) is 13.2 Å². The minimum Gasteiger partial charge on any atom is -0.481 e. The molecule has 114 valence electrons. The predicted octanol–water partition coefficient (Wildman–Crippen LogP) is -1.04. The third kappa shape index (κ3) is 3.04. The maximum absolute atomic E-state index is 11.8. The second kappa shape index (κ2) is 5.21. The third-order valence-corrected chi connectivity index (χ3v) is 5.59. The van der Waals surface area contributed by atoms with Crippen LogP contribution in [0.2, 0.25) is 0 Å². The van der Waals surface area contributed by atoms with Gasteiger partial charge in [0.05, 0.1) is 30.8 Å². The Kier molecular flexibility index (Phi) is 3.92. The summed E-state index contributed by atoms with van der Waals surface area (Å²) in [6.07, 6.45) is 0.382. The molecule has 0 aliphatic carbocycles. The normalized spacial score (nSPS) is 35.6. The van der Waals surface area contributed by atoms with E-state index in [9.17, 15) is 23.1 Å². The molecule has 8 nitrogen and oxygen atoms in total. The molecular weight excluding hydrogens is 288 g/mol. The number of carbonyl (C=O) groups is 2. The fourth-order valence-electron chi connectivity index (χ4n) is 2.38. The molecule has 3 atom stereocenters. The van der Waals surface area contributed by atoms with Crippen LogP contribution in [0, 0.1) is 5.41 Å². The topological polar surface area (TPSA) is 122 Å². The van der Waals surface area contributed by atoms with Crippen molar-refractivity contribution in [2.24, 2.45) is 5.41 Å². The summed E-state index contributed by atoms with van der Waals surface area (Å²) in [7, 11) is -3.07. The fraction of sp³-hybridized carbons (Fsp3) is 0.818. The van der Waals surface area contributed by atoms with Crippen molar-refractivity contribution < 1.29 is 27.9 Å². The van der Waals surface area contributed by atoms with Crippen LogP contribution in [-0.2, 0) is 19.4 Å². The molecule has 2 rings (SSSR count). The van der Waals surface area contributed by atoms with Crippen molar-refractivity contribution in [3.63, 3.8) is 0 Å². The Morgan fingerprint density at radius 2 is 2.05 bits per heavy atom. The van der Waals surface area contributed by atoms with Gasteiger partial charge in [0, 0.05) is 6.04 Å². The first-order chi connectivity index (χ1) is 9.23. The molecule has 0 aromatic rings. The molecule has 0 aromatic heterocycles. The van der Waals surface area contributed by atoms with Gasteiger partial charge in [-0.05, 0) is 13.3 Å². The molecule has 2 heterocycles. The van der Waals surface area contributed by atoms with Crippen LogP contribution in [0.15, 0.2) is 0 Å². The van der Waals surface area contributed by atoms with Crippen LogP contribution in [0.1, 0.15) is 13.3 Å². The quantitative estimate of drug-likeness (QED) is 0.612. The Morgan fingerprint density at radius 3 is 2.60 bits per heavy atom. The molecule has 2 saturated heterocycles. The second-order valence-corrected chi connectivity index (χ2v) is 7.74. The molecular formula is C11H18N2O6S. The van der Waals surface area contributed by atoms with Gasteiger partial charge in [-0.3, -0.25) is 4.79 Å². The average Bonchev–Trinajstić information content (AvgIpc) is 2.84. The molecule has 20 heavy (non-hydrogen) atoms. The third-order valence-electron chi connectivity index (χ3n) is 3.82. The van der Waals surface area contributed by atoms with Crippen LogP contribution in [0.25, 0.3) is 0 Å². The largest absolute Gasteiger partial charge is 0.481 e. The summed E-state index contributed by atoms with van der Waals surface area (Å²) >= 11 is 0. The Bertz CT molecular complexity index is 519. The Balaban J connectivity index is 1.90. The lowest BCUT2D eigenvalue weighted by Gasteiger charge is -2.26. The molecule has 0 bridgehead atoms. The van der Waals surface area contributed by atoms with Crippen molar-refractivity contribution in [3.05, 3.63) is 0 Å². The van der Waals surface area contributed by atoms with Crippen molar-refractivity contribution in [2.45, 2.75) is 25.4 Å². The Morgan fingerprint density at radius 1 is 1.35 bits per heavy atom. The highest BCUT2D eigenvalue weighted by Crippen LogP contribution is 2.28. The van der Waals surface area contributed by atoms with E-state index in [1.807, 2.05) is 0 Å². The summed E-state index contributed by atoms with van der Waals surface area (Å²) in [5, 5.41) is 14.3. The first-order valence-corrected chi connectivity index (χ1v) is 8.14. The highest BCUT2D eigenvalue weighted by molar-refractivity contribution is 7.91. The number of carboxylic acid groups (broad SMARTS) is 1. The summed E-state index contributed by atoms with van der Waals surface area (Å²) in [6.45, 7) is 1.66. The number of carboxylic acids is 1. The van der Waals surface area contributed by atoms with Gasteiger partial charge < -0.3 is 20.5 Å². The predicted molar refractivity (Wildman–Crippen MR) is 69.1 cm³/mol. The zero-order chi connectivity index (χ0) is 15.0. The molecule has 0 radical (unpaired) electrons. The van der Waals surface area contributed by atoms with Gasteiger partial charge in [0.2, 0.25) is 0 Å². The van der Waals surface area contributed by atoms with Crippen LogP contribution in [0.3, 0.4) is 0 Å². The number of rotatable bonds is 3. The maximum atomic E-state index is 11.8. The number of amides is 2. The standard InChI is InChI=1S/C11H18N2O6S/c1-11(9(14)15)6-19-4-8(11)13-10(16)12-7-2-3-20(17,18)5-7/h7-8H,2-6H2,1H3,(H,14,15)(H2,12,13,16). The number of hydrogen-bond acceptors (Lipinski definition) is 5. The minimum absolute atomic E-state index is 0.0328. The van der Waals surface area contributed by atoms with Crippen molar-refractivity contribution in [1.29, 1.82) is 0 Å². The molecule has 2 fully saturated rings. The van der Waals surface area contributed by atoms with Crippen molar-refractivity contribution in [2.75, 3.05) is 24.7 Å². The van der Waals surface area contributed by atoms with Gasteiger partial charge in [0.25, 0.3) is 0 Å². The smallest absolute Gasteiger partial charge is 0.315 e. The lowest BCUT2D eigenvalue weighted by Crippen LogP contribution is -2.54. The number of nitrogens with one attached hydrogen (secondary N) is 2. The molecule has 2 aliphatic heterocycles. The van der Waals surface area contributed by atoms with Crippen molar-refractivity contribution in [1.82, 2.24) is 10.6 Å². The Labute approximate surface area is 116 Å². The van der Waals surface area contributed by atoms with Gasteiger partial charge in [0.1, 0.15) is 5.41 Å². The van der Waals surface area contributed by atoms with E-state index in [1.165, 1.54) is 6.92 Å². The SMILES string of the molecule is CC1(C(=O)O)COCC1NC(=O)NC1CCS(=O)(=O)C1. The van der Waals surface area contributed by atoms with Gasteiger partial charge in [-0.2, -0.15) is 0 Å². The van der Waals surface area contributed by atoms with Crippen LogP contribution in [0.4, 0.5) is 4.79 Å². The van der Waals surface area contributed by atoms with E-state index in [0.717, 1.165) is 0 Å². The van der Waals surface area contributed by atoms with E-state index in [2.05, 4.69) is 10.6 Å². The summed E-state index contributed by atoms with van der Waals surface area (Å²) in [4.78, 5) is 23.0. The lowest BCUT2D eigenvalue weighted by molar-refractivity contribution is -0.148. The molecule has 0 aromatic carbocycles. The second-order valence-electron chi connectivity index (χ2n) is 5.51. The number of hydrogen-bond donors (Lipinski definition) is 3. The summed E-state index contributed by atoms with van der Waals surface area (Å²) in [5.41, 5.74) is -1.17. The molecule has 0 spiro atoms. The van der Waals surface area contributed by atoms with Crippen LogP contribution < -0.4 is 10.6 Å². The van der Waals surface area contributed by atoms with E-state index in [0.29, 0.717) is 6.42 Å². The maximum Gasteiger partial charge on any atom is 0.315 e. The molecule has 2 amide bonds. The van der Waals surface area contributed by atoms with Crippen LogP contribution in [0.5, 0.6) is 0 Å². The van der Waals surface area contributed by atoms with E-state index in [-0.39, 0.29) is 24.7 Å². The highest BCUT2D eigenvalue weighted by Gasteiger charge is 2.47. The zero-order valence-electron chi connectivity index (χ0n) is 11.1.